The number of amides is 1. The van der Waals surface area contributed by atoms with Gasteiger partial charge in [-0.1, -0.05) is 13.3 Å². The molecule has 4 N–H and O–H groups in total. The summed E-state index contributed by atoms with van der Waals surface area (Å²) in [4.78, 5) is 11.8. The first-order chi connectivity index (χ1) is 7.85. The number of carbonyl (C=O) groups is 1. The van der Waals surface area contributed by atoms with Gasteiger partial charge in [-0.3, -0.25) is 9.48 Å². The summed E-state index contributed by atoms with van der Waals surface area (Å²) in [5.41, 5.74) is 5.27. The van der Waals surface area contributed by atoms with Gasteiger partial charge in [-0.2, -0.15) is 5.10 Å². The largest absolute Gasteiger partial charge is 0.396 e. The van der Waals surface area contributed by atoms with E-state index in [-0.39, 0.29) is 18.1 Å². The second-order valence-electron chi connectivity index (χ2n) is 4.54. The fraction of sp³-hybridized carbons (Fsp3) is 0.636. The molecule has 1 unspecified atom stereocenters. The number of anilines is 1. The van der Waals surface area contributed by atoms with E-state index in [2.05, 4.69) is 10.4 Å². The molecule has 0 aromatic carbocycles. The van der Waals surface area contributed by atoms with Crippen molar-refractivity contribution in [3.8, 4) is 0 Å². The molecule has 1 rings (SSSR count). The fourth-order valence-corrected chi connectivity index (χ4v) is 1.66. The van der Waals surface area contributed by atoms with Gasteiger partial charge in [0.15, 0.2) is 5.69 Å². The van der Waals surface area contributed by atoms with Crippen LogP contribution in [0.15, 0.2) is 6.20 Å². The van der Waals surface area contributed by atoms with Gasteiger partial charge >= 0.3 is 0 Å². The molecule has 1 aromatic rings. The van der Waals surface area contributed by atoms with E-state index in [9.17, 15) is 9.90 Å². The highest BCUT2D eigenvalue weighted by Gasteiger charge is 2.21. The number of aliphatic hydroxyl groups is 1. The van der Waals surface area contributed by atoms with Crippen LogP contribution < -0.4 is 11.1 Å². The van der Waals surface area contributed by atoms with Crippen molar-refractivity contribution >= 4 is 11.6 Å². The molecule has 0 aliphatic rings. The molecule has 6 heteroatoms. The number of hydrogen-bond acceptors (Lipinski definition) is 4. The number of aryl methyl sites for hydroxylation is 1. The minimum absolute atomic E-state index is 0.190. The van der Waals surface area contributed by atoms with Gasteiger partial charge in [0.1, 0.15) is 0 Å². The summed E-state index contributed by atoms with van der Waals surface area (Å²) >= 11 is 0. The standard InChI is InChI=1S/C11H20N4O2/c1-4-5-11(2,17)7-13-10(16)9-8(12)6-15(3)14-9/h6,17H,4-5,7,12H2,1-3H3,(H,13,16). The van der Waals surface area contributed by atoms with Crippen molar-refractivity contribution in [2.24, 2.45) is 7.05 Å². The Morgan fingerprint density at radius 1 is 1.71 bits per heavy atom. The van der Waals surface area contributed by atoms with Crippen molar-refractivity contribution in [3.63, 3.8) is 0 Å². The van der Waals surface area contributed by atoms with E-state index in [4.69, 9.17) is 5.73 Å². The predicted octanol–water partition coefficient (Wildman–Crippen LogP) is 0.283. The maximum absolute atomic E-state index is 11.8. The van der Waals surface area contributed by atoms with Gasteiger partial charge in [0, 0.05) is 19.8 Å². The zero-order valence-electron chi connectivity index (χ0n) is 10.5. The van der Waals surface area contributed by atoms with Crippen LogP contribution in [-0.4, -0.2) is 32.9 Å². The smallest absolute Gasteiger partial charge is 0.274 e. The van der Waals surface area contributed by atoms with Crippen LogP contribution >= 0.6 is 0 Å². The summed E-state index contributed by atoms with van der Waals surface area (Å²) in [6.07, 6.45) is 3.05. The highest BCUT2D eigenvalue weighted by molar-refractivity contribution is 5.97. The third kappa shape index (κ3) is 3.74. The maximum atomic E-state index is 11.8. The lowest BCUT2D eigenvalue weighted by Crippen LogP contribution is -2.40. The van der Waals surface area contributed by atoms with Crippen molar-refractivity contribution in [3.05, 3.63) is 11.9 Å². The molecule has 0 spiro atoms. The van der Waals surface area contributed by atoms with E-state index in [1.54, 1.807) is 20.2 Å². The number of rotatable bonds is 5. The summed E-state index contributed by atoms with van der Waals surface area (Å²) < 4.78 is 1.48. The Hall–Kier alpha value is -1.56. The van der Waals surface area contributed by atoms with Crippen LogP contribution in [0.25, 0.3) is 0 Å². The Morgan fingerprint density at radius 3 is 2.82 bits per heavy atom. The molecule has 1 aromatic heterocycles. The topological polar surface area (TPSA) is 93.2 Å². The minimum atomic E-state index is -0.895. The lowest BCUT2D eigenvalue weighted by Gasteiger charge is -2.22. The SMILES string of the molecule is CCCC(C)(O)CNC(=O)c1nn(C)cc1N. The summed E-state index contributed by atoms with van der Waals surface area (Å²) in [6, 6.07) is 0. The summed E-state index contributed by atoms with van der Waals surface area (Å²) in [7, 11) is 1.69. The molecule has 0 saturated heterocycles. The number of nitrogen functional groups attached to an aromatic ring is 1. The molecule has 0 radical (unpaired) electrons. The summed E-state index contributed by atoms with van der Waals surface area (Å²) in [6.45, 7) is 3.86. The second kappa shape index (κ2) is 5.18. The molecule has 17 heavy (non-hydrogen) atoms. The van der Waals surface area contributed by atoms with E-state index < -0.39 is 5.60 Å². The summed E-state index contributed by atoms with van der Waals surface area (Å²) in [5.74, 6) is -0.362. The van der Waals surface area contributed by atoms with Crippen LogP contribution in [-0.2, 0) is 7.05 Å². The first-order valence-electron chi connectivity index (χ1n) is 5.65. The molecule has 6 nitrogen and oxygen atoms in total. The Kier molecular flexibility index (Phi) is 4.11. The molecule has 1 atom stereocenters. The van der Waals surface area contributed by atoms with Crippen LogP contribution in [0.2, 0.25) is 0 Å². The Bertz CT molecular complexity index is 398. The zero-order valence-corrected chi connectivity index (χ0v) is 10.5. The molecule has 0 aliphatic heterocycles. The fourth-order valence-electron chi connectivity index (χ4n) is 1.66. The van der Waals surface area contributed by atoms with Gasteiger partial charge in [-0.15, -0.1) is 0 Å². The molecule has 1 heterocycles. The highest BCUT2D eigenvalue weighted by atomic mass is 16.3. The lowest BCUT2D eigenvalue weighted by molar-refractivity contribution is 0.0468. The molecular weight excluding hydrogens is 220 g/mol. The molecular formula is C11H20N4O2. The van der Waals surface area contributed by atoms with Crippen molar-refractivity contribution in [2.45, 2.75) is 32.3 Å². The van der Waals surface area contributed by atoms with Gasteiger partial charge in [-0.05, 0) is 13.3 Å². The number of nitrogens with one attached hydrogen (secondary N) is 1. The van der Waals surface area contributed by atoms with E-state index in [1.165, 1.54) is 4.68 Å². The van der Waals surface area contributed by atoms with Crippen LogP contribution in [0.3, 0.4) is 0 Å². The number of nitrogens with zero attached hydrogens (tertiary/aromatic N) is 2. The monoisotopic (exact) mass is 240 g/mol. The first kappa shape index (κ1) is 13.5. The van der Waals surface area contributed by atoms with Crippen molar-refractivity contribution in [1.82, 2.24) is 15.1 Å². The number of carbonyl (C=O) groups excluding carboxylic acids is 1. The van der Waals surface area contributed by atoms with Gasteiger partial charge in [0.05, 0.1) is 11.3 Å². The van der Waals surface area contributed by atoms with E-state index in [0.29, 0.717) is 12.1 Å². The van der Waals surface area contributed by atoms with Crippen LogP contribution in [0.1, 0.15) is 37.2 Å². The maximum Gasteiger partial charge on any atom is 0.274 e. The van der Waals surface area contributed by atoms with Crippen molar-refractivity contribution < 1.29 is 9.90 Å². The van der Waals surface area contributed by atoms with E-state index in [0.717, 1.165) is 6.42 Å². The Balaban J connectivity index is 2.59. The average molecular weight is 240 g/mol. The minimum Gasteiger partial charge on any atom is -0.396 e. The van der Waals surface area contributed by atoms with Crippen LogP contribution in [0.4, 0.5) is 5.69 Å². The Labute approximate surface area is 101 Å². The van der Waals surface area contributed by atoms with Gasteiger partial charge < -0.3 is 16.2 Å². The average Bonchev–Trinajstić information content (AvgIpc) is 2.54. The molecule has 0 bridgehead atoms. The lowest BCUT2D eigenvalue weighted by atomic mass is 10.0. The molecule has 0 saturated carbocycles. The van der Waals surface area contributed by atoms with Crippen LogP contribution in [0.5, 0.6) is 0 Å². The van der Waals surface area contributed by atoms with Gasteiger partial charge in [0.25, 0.3) is 5.91 Å². The van der Waals surface area contributed by atoms with Crippen molar-refractivity contribution in [2.75, 3.05) is 12.3 Å². The molecule has 0 fully saturated rings. The van der Waals surface area contributed by atoms with Crippen molar-refractivity contribution in [1.29, 1.82) is 0 Å². The normalized spacial score (nSPS) is 14.4. The number of aromatic nitrogens is 2. The predicted molar refractivity (Wildman–Crippen MR) is 65.5 cm³/mol. The third-order valence-electron chi connectivity index (χ3n) is 2.49. The number of nitrogens with two attached hydrogens (primary N) is 1. The van der Waals surface area contributed by atoms with Gasteiger partial charge in [0.2, 0.25) is 0 Å². The highest BCUT2D eigenvalue weighted by Crippen LogP contribution is 2.11. The molecule has 1 amide bonds. The molecule has 96 valence electrons. The quantitative estimate of drug-likeness (QED) is 0.689. The molecule has 0 aliphatic carbocycles. The second-order valence-corrected chi connectivity index (χ2v) is 4.54. The van der Waals surface area contributed by atoms with Gasteiger partial charge in [-0.25, -0.2) is 0 Å². The van der Waals surface area contributed by atoms with Crippen LogP contribution in [0, 0.1) is 0 Å². The Morgan fingerprint density at radius 2 is 2.35 bits per heavy atom. The zero-order chi connectivity index (χ0) is 13.1. The first-order valence-corrected chi connectivity index (χ1v) is 5.65. The van der Waals surface area contributed by atoms with E-state index >= 15 is 0 Å². The summed E-state index contributed by atoms with van der Waals surface area (Å²) in [5, 5.41) is 16.5. The van der Waals surface area contributed by atoms with E-state index in [1.807, 2.05) is 6.92 Å². The third-order valence-corrected chi connectivity index (χ3v) is 2.49. The number of hydrogen-bond donors (Lipinski definition) is 3.